The molecule has 0 atom stereocenters. The molecule has 1 N–H and O–H groups in total. The van der Waals surface area contributed by atoms with E-state index in [0.717, 1.165) is 0 Å². The lowest BCUT2D eigenvalue weighted by Crippen LogP contribution is -2.20. The highest BCUT2D eigenvalue weighted by Gasteiger charge is 1.96. The van der Waals surface area contributed by atoms with E-state index >= 15 is 0 Å². The molecule has 0 saturated carbocycles. The number of amides is 1. The quantitative estimate of drug-likeness (QED) is 0.530. The van der Waals surface area contributed by atoms with Crippen LogP contribution in [-0.4, -0.2) is 53.1 Å². The first-order valence-corrected chi connectivity index (χ1v) is 4.66. The average Bonchev–Trinajstić information content (AvgIpc) is 2.21. The van der Waals surface area contributed by atoms with Crippen molar-refractivity contribution >= 4 is 5.91 Å². The van der Waals surface area contributed by atoms with Crippen molar-refractivity contribution in [3.63, 3.8) is 0 Å². The Bertz CT molecular complexity index is 141. The number of hydrogen-bond acceptors (Lipinski definition) is 4. The van der Waals surface area contributed by atoms with Crippen LogP contribution in [0.25, 0.3) is 0 Å². The molecular weight excluding hydrogens is 186 g/mol. The van der Waals surface area contributed by atoms with Crippen LogP contribution in [0.1, 0.15) is 6.42 Å². The molecule has 0 aromatic heterocycles. The number of methoxy groups -OCH3 is 1. The number of carbonyl (C=O) groups excluding carboxylic acids is 1. The van der Waals surface area contributed by atoms with Gasteiger partial charge in [-0.25, -0.2) is 0 Å². The third-order valence-electron chi connectivity index (χ3n) is 1.56. The lowest BCUT2D eigenvalue weighted by molar-refractivity contribution is -0.121. The Morgan fingerprint density at radius 1 is 1.07 bits per heavy atom. The summed E-state index contributed by atoms with van der Waals surface area (Å²) in [7, 11) is 3.24. The first-order chi connectivity index (χ1) is 6.81. The SMILES string of the molecule is CNC(=O)CCOCCOCCOC. The van der Waals surface area contributed by atoms with Crippen molar-refractivity contribution in [2.45, 2.75) is 6.42 Å². The van der Waals surface area contributed by atoms with Gasteiger partial charge in [-0.3, -0.25) is 4.79 Å². The molecule has 0 heterocycles. The minimum absolute atomic E-state index is 0.00898. The summed E-state index contributed by atoms with van der Waals surface area (Å²) in [6, 6.07) is 0. The Hall–Kier alpha value is -0.650. The first kappa shape index (κ1) is 13.4. The zero-order chi connectivity index (χ0) is 10.6. The number of carbonyl (C=O) groups is 1. The van der Waals surface area contributed by atoms with Crippen molar-refractivity contribution in [2.24, 2.45) is 0 Å². The van der Waals surface area contributed by atoms with Crippen molar-refractivity contribution in [2.75, 3.05) is 47.2 Å². The summed E-state index contributed by atoms with van der Waals surface area (Å²) in [5.74, 6) is -0.00898. The molecule has 5 heteroatoms. The van der Waals surface area contributed by atoms with Crippen molar-refractivity contribution in [3.05, 3.63) is 0 Å². The predicted molar refractivity (Wildman–Crippen MR) is 52.2 cm³/mol. The van der Waals surface area contributed by atoms with Gasteiger partial charge in [0.15, 0.2) is 0 Å². The highest BCUT2D eigenvalue weighted by atomic mass is 16.5. The lowest BCUT2D eigenvalue weighted by Gasteiger charge is -2.04. The Morgan fingerprint density at radius 2 is 1.64 bits per heavy atom. The zero-order valence-electron chi connectivity index (χ0n) is 8.88. The molecule has 0 saturated heterocycles. The van der Waals surface area contributed by atoms with Gasteiger partial charge in [-0.05, 0) is 0 Å². The zero-order valence-corrected chi connectivity index (χ0v) is 8.88. The molecule has 0 aliphatic carbocycles. The van der Waals surface area contributed by atoms with Gasteiger partial charge >= 0.3 is 0 Å². The van der Waals surface area contributed by atoms with Gasteiger partial charge in [-0.15, -0.1) is 0 Å². The van der Waals surface area contributed by atoms with E-state index in [2.05, 4.69) is 5.32 Å². The number of rotatable bonds is 9. The van der Waals surface area contributed by atoms with Crippen LogP contribution in [-0.2, 0) is 19.0 Å². The van der Waals surface area contributed by atoms with Crippen LogP contribution >= 0.6 is 0 Å². The van der Waals surface area contributed by atoms with Crippen LogP contribution in [0.5, 0.6) is 0 Å². The topological polar surface area (TPSA) is 56.8 Å². The molecule has 0 aromatic rings. The summed E-state index contributed by atoms with van der Waals surface area (Å²) < 4.78 is 15.1. The standard InChI is InChI=1S/C9H19NO4/c1-10-9(11)3-4-13-7-8-14-6-5-12-2/h3-8H2,1-2H3,(H,10,11). The highest BCUT2D eigenvalue weighted by molar-refractivity contribution is 5.75. The summed E-state index contributed by atoms with van der Waals surface area (Å²) in [6.07, 6.45) is 0.397. The number of hydrogen-bond donors (Lipinski definition) is 1. The lowest BCUT2D eigenvalue weighted by atomic mass is 10.4. The van der Waals surface area contributed by atoms with Gasteiger partial charge in [-0.2, -0.15) is 0 Å². The molecule has 0 bridgehead atoms. The molecule has 0 fully saturated rings. The molecule has 84 valence electrons. The van der Waals surface area contributed by atoms with Crippen LogP contribution in [0.3, 0.4) is 0 Å². The minimum Gasteiger partial charge on any atom is -0.382 e. The van der Waals surface area contributed by atoms with E-state index < -0.39 is 0 Å². The van der Waals surface area contributed by atoms with Crippen molar-refractivity contribution < 1.29 is 19.0 Å². The average molecular weight is 205 g/mol. The molecule has 0 unspecified atom stereocenters. The van der Waals surface area contributed by atoms with Gasteiger partial charge in [0, 0.05) is 20.6 Å². The number of ether oxygens (including phenoxy) is 3. The Kier molecular flexibility index (Phi) is 9.95. The molecular formula is C9H19NO4. The van der Waals surface area contributed by atoms with Crippen LogP contribution in [0.4, 0.5) is 0 Å². The van der Waals surface area contributed by atoms with E-state index in [0.29, 0.717) is 39.5 Å². The van der Waals surface area contributed by atoms with E-state index in [1.54, 1.807) is 14.2 Å². The maximum Gasteiger partial charge on any atom is 0.222 e. The van der Waals surface area contributed by atoms with Gasteiger partial charge < -0.3 is 19.5 Å². The second kappa shape index (κ2) is 10.4. The van der Waals surface area contributed by atoms with Crippen molar-refractivity contribution in [3.8, 4) is 0 Å². The maximum atomic E-state index is 10.7. The largest absolute Gasteiger partial charge is 0.382 e. The summed E-state index contributed by atoms with van der Waals surface area (Å²) in [4.78, 5) is 10.7. The van der Waals surface area contributed by atoms with E-state index in [9.17, 15) is 4.79 Å². The second-order valence-corrected chi connectivity index (χ2v) is 2.64. The predicted octanol–water partition coefficient (Wildman–Crippen LogP) is -0.198. The smallest absolute Gasteiger partial charge is 0.222 e. The second-order valence-electron chi connectivity index (χ2n) is 2.64. The van der Waals surface area contributed by atoms with E-state index in [4.69, 9.17) is 14.2 Å². The third-order valence-corrected chi connectivity index (χ3v) is 1.56. The van der Waals surface area contributed by atoms with E-state index in [-0.39, 0.29) is 5.91 Å². The molecule has 0 radical (unpaired) electrons. The van der Waals surface area contributed by atoms with E-state index in [1.165, 1.54) is 0 Å². The Morgan fingerprint density at radius 3 is 2.21 bits per heavy atom. The molecule has 5 nitrogen and oxygen atoms in total. The monoisotopic (exact) mass is 205 g/mol. The maximum absolute atomic E-state index is 10.7. The number of nitrogens with one attached hydrogen (secondary N) is 1. The summed E-state index contributed by atoms with van der Waals surface area (Å²) in [6.45, 7) is 2.67. The summed E-state index contributed by atoms with van der Waals surface area (Å²) in [5.41, 5.74) is 0. The van der Waals surface area contributed by atoms with Crippen LogP contribution < -0.4 is 5.32 Å². The summed E-state index contributed by atoms with van der Waals surface area (Å²) >= 11 is 0. The fourth-order valence-electron chi connectivity index (χ4n) is 0.754. The fraction of sp³-hybridized carbons (Fsp3) is 0.889. The Labute approximate surface area is 84.7 Å². The van der Waals surface area contributed by atoms with Gasteiger partial charge in [-0.1, -0.05) is 0 Å². The summed E-state index contributed by atoms with van der Waals surface area (Å²) in [5, 5.41) is 2.52. The highest BCUT2D eigenvalue weighted by Crippen LogP contribution is 1.84. The molecule has 0 aromatic carbocycles. The molecule has 0 aliphatic rings. The molecule has 14 heavy (non-hydrogen) atoms. The van der Waals surface area contributed by atoms with Gasteiger partial charge in [0.05, 0.1) is 33.0 Å². The van der Waals surface area contributed by atoms with Crippen LogP contribution in [0.2, 0.25) is 0 Å². The molecule has 0 rings (SSSR count). The van der Waals surface area contributed by atoms with Crippen molar-refractivity contribution in [1.82, 2.24) is 5.32 Å². The minimum atomic E-state index is -0.00898. The Balaban J connectivity index is 2.95. The van der Waals surface area contributed by atoms with Gasteiger partial charge in [0.2, 0.25) is 5.91 Å². The van der Waals surface area contributed by atoms with Crippen molar-refractivity contribution in [1.29, 1.82) is 0 Å². The third kappa shape index (κ3) is 9.44. The fourth-order valence-corrected chi connectivity index (χ4v) is 0.754. The first-order valence-electron chi connectivity index (χ1n) is 4.66. The van der Waals surface area contributed by atoms with Crippen LogP contribution in [0.15, 0.2) is 0 Å². The molecule has 1 amide bonds. The van der Waals surface area contributed by atoms with Gasteiger partial charge in [0.25, 0.3) is 0 Å². The van der Waals surface area contributed by atoms with Gasteiger partial charge in [0.1, 0.15) is 0 Å². The molecule has 0 aliphatic heterocycles. The van der Waals surface area contributed by atoms with Crippen LogP contribution in [0, 0.1) is 0 Å². The normalized spacial score (nSPS) is 10.1. The van der Waals surface area contributed by atoms with E-state index in [1.807, 2.05) is 0 Å². The molecule has 0 spiro atoms.